The first-order valence-corrected chi connectivity index (χ1v) is 10.7. The number of amides is 1. The minimum atomic E-state index is -0.333. The number of fused-ring (bicyclic) bond motifs is 1. The molecule has 32 heavy (non-hydrogen) atoms. The lowest BCUT2D eigenvalue weighted by molar-refractivity contribution is 0.102. The number of aromatic amines is 1. The molecular weight excluding hydrogens is 406 g/mol. The fourth-order valence-electron chi connectivity index (χ4n) is 3.95. The molecule has 0 unspecified atom stereocenters. The van der Waals surface area contributed by atoms with E-state index in [-0.39, 0.29) is 18.0 Å². The molecule has 0 aliphatic heterocycles. The van der Waals surface area contributed by atoms with Crippen molar-refractivity contribution < 1.29 is 4.79 Å². The van der Waals surface area contributed by atoms with Gasteiger partial charge in [-0.25, -0.2) is 9.50 Å². The van der Waals surface area contributed by atoms with E-state index < -0.39 is 0 Å². The van der Waals surface area contributed by atoms with Gasteiger partial charge in [0.2, 0.25) is 0 Å². The van der Waals surface area contributed by atoms with Crippen molar-refractivity contribution in [2.45, 2.75) is 37.8 Å². The molecule has 0 bridgehead atoms. The molecule has 1 aliphatic rings. The summed E-state index contributed by atoms with van der Waals surface area (Å²) in [6.45, 7) is 0. The van der Waals surface area contributed by atoms with Gasteiger partial charge in [0.25, 0.3) is 5.91 Å². The Morgan fingerprint density at radius 1 is 1.12 bits per heavy atom. The number of nitrogens with one attached hydrogen (secondary N) is 4. The topological polar surface area (TPSA) is 138 Å². The lowest BCUT2D eigenvalue weighted by atomic mass is 9.92. The predicted molar refractivity (Wildman–Crippen MR) is 123 cm³/mol. The molecule has 10 heteroatoms. The molecule has 6 N–H and O–H groups in total. The van der Waals surface area contributed by atoms with E-state index in [4.69, 9.17) is 5.73 Å². The number of aromatic nitrogens is 5. The molecule has 3 aromatic heterocycles. The number of nitrogens with two attached hydrogens (primary N) is 1. The van der Waals surface area contributed by atoms with Crippen LogP contribution in [0.5, 0.6) is 0 Å². The maximum absolute atomic E-state index is 12.9. The van der Waals surface area contributed by atoms with Crippen molar-refractivity contribution >= 4 is 34.6 Å². The van der Waals surface area contributed by atoms with Crippen LogP contribution in [0.15, 0.2) is 54.9 Å². The van der Waals surface area contributed by atoms with Crippen molar-refractivity contribution in [3.8, 4) is 0 Å². The quantitative estimate of drug-likeness (QED) is 0.316. The minimum absolute atomic E-state index is 0.269. The molecule has 0 saturated heterocycles. The Morgan fingerprint density at radius 3 is 2.69 bits per heavy atom. The maximum Gasteiger partial charge on any atom is 0.277 e. The molecule has 1 saturated carbocycles. The average molecular weight is 432 g/mol. The Labute approximate surface area is 184 Å². The first-order valence-electron chi connectivity index (χ1n) is 10.7. The van der Waals surface area contributed by atoms with E-state index >= 15 is 0 Å². The van der Waals surface area contributed by atoms with E-state index in [1.807, 2.05) is 36.4 Å². The summed E-state index contributed by atoms with van der Waals surface area (Å²) >= 11 is 0. The summed E-state index contributed by atoms with van der Waals surface area (Å²) in [5, 5.41) is 21.0. The fourth-order valence-corrected chi connectivity index (χ4v) is 3.95. The van der Waals surface area contributed by atoms with Gasteiger partial charge in [-0.1, -0.05) is 18.2 Å². The molecule has 10 nitrogen and oxygen atoms in total. The van der Waals surface area contributed by atoms with Crippen molar-refractivity contribution in [3.05, 3.63) is 60.6 Å². The van der Waals surface area contributed by atoms with Gasteiger partial charge in [-0.3, -0.25) is 9.89 Å². The van der Waals surface area contributed by atoms with Gasteiger partial charge in [-0.2, -0.15) is 5.10 Å². The van der Waals surface area contributed by atoms with E-state index in [0.717, 1.165) is 37.1 Å². The molecule has 1 aromatic carbocycles. The minimum Gasteiger partial charge on any atom is -0.366 e. The van der Waals surface area contributed by atoms with E-state index in [9.17, 15) is 4.79 Å². The molecule has 3 heterocycles. The number of hydrogen-bond acceptors (Lipinski definition) is 7. The molecule has 0 radical (unpaired) electrons. The third-order valence-corrected chi connectivity index (χ3v) is 5.63. The van der Waals surface area contributed by atoms with Crippen LogP contribution in [0.3, 0.4) is 0 Å². The summed E-state index contributed by atoms with van der Waals surface area (Å²) in [5.74, 6) is 0.839. The first-order chi connectivity index (χ1) is 15.7. The number of imidazole rings is 1. The van der Waals surface area contributed by atoms with Crippen molar-refractivity contribution in [3.63, 3.8) is 0 Å². The van der Waals surface area contributed by atoms with Crippen LogP contribution in [0.2, 0.25) is 0 Å². The Bertz CT molecular complexity index is 1200. The van der Waals surface area contributed by atoms with E-state index in [2.05, 4.69) is 36.2 Å². The SMILES string of the molecule is N[C@H]1CC[C@H](Nc2cc(Nc3ccccc3)c3ncc(C(=O)Nc4ccn[nH]4)n3n2)CC1. The van der Waals surface area contributed by atoms with Crippen LogP contribution >= 0.6 is 0 Å². The third-order valence-electron chi connectivity index (χ3n) is 5.63. The van der Waals surface area contributed by atoms with Gasteiger partial charge in [0.1, 0.15) is 11.6 Å². The number of benzene rings is 1. The number of nitrogens with zero attached hydrogens (tertiary/aromatic N) is 4. The van der Waals surface area contributed by atoms with Gasteiger partial charge in [0, 0.05) is 29.9 Å². The Hall–Kier alpha value is -3.92. The second-order valence-corrected chi connectivity index (χ2v) is 7.99. The number of rotatable bonds is 6. The summed E-state index contributed by atoms with van der Waals surface area (Å²) in [4.78, 5) is 17.3. The number of carbonyl (C=O) groups excluding carboxylic acids is 1. The molecule has 4 aromatic rings. The van der Waals surface area contributed by atoms with Crippen LogP contribution in [0, 0.1) is 0 Å². The van der Waals surface area contributed by atoms with Crippen LogP contribution in [0.4, 0.5) is 23.0 Å². The Kier molecular flexibility index (Phi) is 5.42. The molecule has 1 aliphatic carbocycles. The Balaban J connectivity index is 1.50. The summed E-state index contributed by atoms with van der Waals surface area (Å²) < 4.78 is 1.56. The van der Waals surface area contributed by atoms with Gasteiger partial charge >= 0.3 is 0 Å². The van der Waals surface area contributed by atoms with E-state index in [0.29, 0.717) is 23.0 Å². The molecule has 0 spiro atoms. The van der Waals surface area contributed by atoms with Gasteiger partial charge in [-0.15, -0.1) is 5.10 Å². The predicted octanol–water partition coefficient (Wildman–Crippen LogP) is 3.13. The van der Waals surface area contributed by atoms with Gasteiger partial charge in [0.05, 0.1) is 18.1 Å². The van der Waals surface area contributed by atoms with Gasteiger partial charge < -0.3 is 21.7 Å². The zero-order valence-corrected chi connectivity index (χ0v) is 17.5. The van der Waals surface area contributed by atoms with Crippen LogP contribution in [0.1, 0.15) is 36.2 Å². The van der Waals surface area contributed by atoms with Crippen molar-refractivity contribution in [1.82, 2.24) is 24.8 Å². The van der Waals surface area contributed by atoms with Crippen LogP contribution < -0.4 is 21.7 Å². The summed E-state index contributed by atoms with van der Waals surface area (Å²) in [7, 11) is 0. The van der Waals surface area contributed by atoms with Crippen LogP contribution in [-0.4, -0.2) is 42.8 Å². The van der Waals surface area contributed by atoms with Crippen LogP contribution in [-0.2, 0) is 0 Å². The molecule has 0 atom stereocenters. The zero-order chi connectivity index (χ0) is 21.9. The molecule has 1 amide bonds. The number of para-hydroxylation sites is 1. The monoisotopic (exact) mass is 431 g/mol. The lowest BCUT2D eigenvalue weighted by Gasteiger charge is -2.27. The summed E-state index contributed by atoms with van der Waals surface area (Å²) in [6, 6.07) is 14.0. The smallest absolute Gasteiger partial charge is 0.277 e. The van der Waals surface area contributed by atoms with Crippen LogP contribution in [0.25, 0.3) is 5.65 Å². The van der Waals surface area contributed by atoms with Crippen molar-refractivity contribution in [2.75, 3.05) is 16.0 Å². The maximum atomic E-state index is 12.9. The van der Waals surface area contributed by atoms with Crippen molar-refractivity contribution in [1.29, 1.82) is 0 Å². The molecular formula is C22H25N9O. The van der Waals surface area contributed by atoms with Gasteiger partial charge in [-0.05, 0) is 37.8 Å². The molecule has 1 fully saturated rings. The Morgan fingerprint density at radius 2 is 1.94 bits per heavy atom. The number of carbonyl (C=O) groups is 1. The zero-order valence-electron chi connectivity index (χ0n) is 17.5. The number of H-pyrrole nitrogens is 1. The van der Waals surface area contributed by atoms with E-state index in [1.165, 1.54) is 6.20 Å². The number of hydrogen-bond donors (Lipinski definition) is 5. The average Bonchev–Trinajstić information content (AvgIpc) is 3.46. The van der Waals surface area contributed by atoms with E-state index in [1.54, 1.807) is 16.8 Å². The third kappa shape index (κ3) is 4.26. The molecule has 164 valence electrons. The first kappa shape index (κ1) is 20.0. The highest BCUT2D eigenvalue weighted by Crippen LogP contribution is 2.27. The highest BCUT2D eigenvalue weighted by Gasteiger charge is 2.21. The molecule has 5 rings (SSSR count). The van der Waals surface area contributed by atoms with Crippen molar-refractivity contribution in [2.24, 2.45) is 5.73 Å². The highest BCUT2D eigenvalue weighted by atomic mass is 16.2. The summed E-state index contributed by atoms with van der Waals surface area (Å²) in [5.41, 5.74) is 8.60. The normalized spacial score (nSPS) is 18.4. The highest BCUT2D eigenvalue weighted by molar-refractivity contribution is 6.03. The second kappa shape index (κ2) is 8.67. The second-order valence-electron chi connectivity index (χ2n) is 7.99. The summed E-state index contributed by atoms with van der Waals surface area (Å²) in [6.07, 6.45) is 7.03. The fraction of sp³-hybridized carbons (Fsp3) is 0.273. The number of anilines is 4. The lowest BCUT2D eigenvalue weighted by Crippen LogP contribution is -2.33. The standard InChI is InChI=1S/C22H25N9O/c23-14-6-8-16(9-7-14)27-20-12-17(26-15-4-2-1-3-5-15)21-24-13-18(31(21)30-20)22(32)28-19-10-11-25-29-19/h1-5,10-14,16,26H,6-9,23H2,(H,27,30)(H2,25,28,29,32)/t14-,16-. The largest absolute Gasteiger partial charge is 0.366 e. The van der Waals surface area contributed by atoms with Gasteiger partial charge in [0.15, 0.2) is 11.3 Å².